The Balaban J connectivity index is 0.00000420. The van der Waals surface area contributed by atoms with E-state index in [4.69, 9.17) is 18.9 Å². The van der Waals surface area contributed by atoms with Gasteiger partial charge in [0.25, 0.3) is 0 Å². The second-order valence-electron chi connectivity index (χ2n) is 8.00. The fourth-order valence-electron chi connectivity index (χ4n) is 4.06. The first-order chi connectivity index (χ1) is 18.3. The number of carboxylic acids is 1. The summed E-state index contributed by atoms with van der Waals surface area (Å²) in [5.41, 5.74) is 1.12. The number of Topliss-reactive ketones (excluding diaryl/α,β-unsaturated/α-hetero) is 1. The van der Waals surface area contributed by atoms with Crippen molar-refractivity contribution in [1.29, 1.82) is 0 Å². The first kappa shape index (κ1) is 30.0. The number of hydrogen-bond acceptors (Lipinski definition) is 10. The molecule has 196 valence electrons. The molecule has 4 aromatic rings. The van der Waals surface area contributed by atoms with Crippen molar-refractivity contribution in [1.82, 2.24) is 8.75 Å². The molecule has 0 spiro atoms. The van der Waals surface area contributed by atoms with Crippen LogP contribution in [0.15, 0.2) is 54.1 Å². The van der Waals surface area contributed by atoms with Gasteiger partial charge in [-0.2, -0.15) is 8.75 Å². The normalized spacial score (nSPS) is 11.3. The van der Waals surface area contributed by atoms with Crippen LogP contribution in [0.3, 0.4) is 0 Å². The Labute approximate surface area is 249 Å². The van der Waals surface area contributed by atoms with Gasteiger partial charge in [0.15, 0.2) is 28.8 Å². The van der Waals surface area contributed by atoms with Gasteiger partial charge in [-0.15, -0.1) is 0 Å². The molecule has 0 aliphatic carbocycles. The van der Waals surface area contributed by atoms with Crippen LogP contribution in [0.2, 0.25) is 0 Å². The van der Waals surface area contributed by atoms with Crippen molar-refractivity contribution in [3.8, 4) is 23.0 Å². The van der Waals surface area contributed by atoms with Crippen LogP contribution in [-0.2, 0) is 11.2 Å². The molecule has 0 bridgehead atoms. The summed E-state index contributed by atoms with van der Waals surface area (Å²) >= 11 is 0.973. The van der Waals surface area contributed by atoms with Crippen molar-refractivity contribution in [2.24, 2.45) is 0 Å². The van der Waals surface area contributed by atoms with E-state index in [9.17, 15) is 19.1 Å². The summed E-state index contributed by atoms with van der Waals surface area (Å²) in [5, 5.41) is 12.5. The number of allylic oxidation sites excluding steroid dienone is 1. The third-order valence-corrected chi connectivity index (χ3v) is 6.40. The molecule has 0 aliphatic heterocycles. The van der Waals surface area contributed by atoms with Crippen LogP contribution in [0.25, 0.3) is 16.6 Å². The van der Waals surface area contributed by atoms with Gasteiger partial charge < -0.3 is 28.8 Å². The van der Waals surface area contributed by atoms with Gasteiger partial charge in [-0.05, 0) is 53.6 Å². The zero-order chi connectivity index (χ0) is 27.4. The molecule has 0 unspecified atom stereocenters. The summed E-state index contributed by atoms with van der Waals surface area (Å²) in [5.74, 6) is -2.17. The number of halogens is 1. The SMILES string of the molecule is COc1ccc(C(=O)/C(Cc2cc(OC)c(OC)c(OC)c2)=C(/C(=O)[O-])c2ccc3nsnc3c2)cc1F.[Na+]. The molecule has 0 amide bonds. The Bertz CT molecular complexity index is 1550. The average Bonchev–Trinajstić information content (AvgIpc) is 3.39. The van der Waals surface area contributed by atoms with Crippen LogP contribution in [0.1, 0.15) is 21.5 Å². The average molecular weight is 561 g/mol. The summed E-state index contributed by atoms with van der Waals surface area (Å²) in [4.78, 5) is 26.3. The number of carbonyl (C=O) groups is 2. The van der Waals surface area contributed by atoms with Gasteiger partial charge in [0.1, 0.15) is 11.0 Å². The van der Waals surface area contributed by atoms with Gasteiger partial charge >= 0.3 is 29.6 Å². The van der Waals surface area contributed by atoms with E-state index in [1.807, 2.05) is 0 Å². The fraction of sp³-hybridized carbons (Fsp3) is 0.185. The smallest absolute Gasteiger partial charge is 0.545 e. The summed E-state index contributed by atoms with van der Waals surface area (Å²) in [6.07, 6.45) is -0.181. The zero-order valence-electron chi connectivity index (χ0n) is 21.9. The Morgan fingerprint density at radius 1 is 0.821 bits per heavy atom. The van der Waals surface area contributed by atoms with E-state index in [1.165, 1.54) is 52.7 Å². The molecule has 39 heavy (non-hydrogen) atoms. The molecule has 12 heteroatoms. The van der Waals surface area contributed by atoms with Crippen LogP contribution in [-0.4, -0.2) is 48.9 Å². The quantitative estimate of drug-likeness (QED) is 0.155. The molecule has 0 saturated heterocycles. The van der Waals surface area contributed by atoms with Gasteiger partial charge in [-0.25, -0.2) is 4.39 Å². The van der Waals surface area contributed by atoms with Crippen LogP contribution in [0, 0.1) is 5.82 Å². The number of aliphatic carboxylic acids is 1. The fourth-order valence-corrected chi connectivity index (χ4v) is 4.58. The first-order valence-electron chi connectivity index (χ1n) is 11.2. The van der Waals surface area contributed by atoms with Gasteiger partial charge in [0, 0.05) is 23.1 Å². The molecule has 0 saturated carbocycles. The van der Waals surface area contributed by atoms with Crippen molar-refractivity contribution in [3.05, 3.63) is 76.6 Å². The summed E-state index contributed by atoms with van der Waals surface area (Å²) in [6.45, 7) is 0. The number of rotatable bonds is 10. The van der Waals surface area contributed by atoms with Crippen molar-refractivity contribution < 1.29 is 67.6 Å². The molecular weight excluding hydrogens is 538 g/mol. The van der Waals surface area contributed by atoms with Gasteiger partial charge in [0.05, 0.1) is 46.1 Å². The molecule has 0 fully saturated rings. The third kappa shape index (κ3) is 6.22. The van der Waals surface area contributed by atoms with E-state index >= 15 is 0 Å². The minimum Gasteiger partial charge on any atom is -0.545 e. The Morgan fingerprint density at radius 2 is 1.44 bits per heavy atom. The van der Waals surface area contributed by atoms with Crippen molar-refractivity contribution in [2.75, 3.05) is 28.4 Å². The summed E-state index contributed by atoms with van der Waals surface area (Å²) in [7, 11) is 5.62. The topological polar surface area (TPSA) is 120 Å². The second-order valence-corrected chi connectivity index (χ2v) is 8.53. The Hall–Kier alpha value is -3.51. The number of hydrogen-bond donors (Lipinski definition) is 0. The second kappa shape index (κ2) is 13.0. The van der Waals surface area contributed by atoms with Crippen molar-refractivity contribution in [2.45, 2.75) is 6.42 Å². The summed E-state index contributed by atoms with van der Waals surface area (Å²) in [6, 6.07) is 11.5. The van der Waals surface area contributed by atoms with Gasteiger partial charge in [-0.3, -0.25) is 4.79 Å². The minimum absolute atomic E-state index is 0. The maximum absolute atomic E-state index is 14.5. The van der Waals surface area contributed by atoms with E-state index in [0.29, 0.717) is 33.8 Å². The first-order valence-corrected chi connectivity index (χ1v) is 11.9. The number of aromatic nitrogens is 2. The predicted octanol–water partition coefficient (Wildman–Crippen LogP) is 0.498. The zero-order valence-corrected chi connectivity index (χ0v) is 24.7. The number of nitrogens with zero attached hydrogens (tertiary/aromatic N) is 2. The maximum atomic E-state index is 14.5. The van der Waals surface area contributed by atoms with E-state index < -0.39 is 17.6 Å². The van der Waals surface area contributed by atoms with Crippen LogP contribution in [0.5, 0.6) is 23.0 Å². The Morgan fingerprint density at radius 3 is 2.00 bits per heavy atom. The van der Waals surface area contributed by atoms with Crippen LogP contribution < -0.4 is 53.6 Å². The van der Waals surface area contributed by atoms with E-state index in [1.54, 1.807) is 18.2 Å². The number of ether oxygens (including phenoxy) is 4. The summed E-state index contributed by atoms with van der Waals surface area (Å²) < 4.78 is 43.9. The molecule has 0 aliphatic rings. The third-order valence-electron chi connectivity index (χ3n) is 5.84. The molecule has 9 nitrogen and oxygen atoms in total. The Kier molecular flexibility index (Phi) is 10.0. The maximum Gasteiger partial charge on any atom is 1.00 e. The van der Waals surface area contributed by atoms with Crippen LogP contribution in [0.4, 0.5) is 4.39 Å². The number of benzene rings is 3. The van der Waals surface area contributed by atoms with E-state index in [2.05, 4.69) is 8.75 Å². The monoisotopic (exact) mass is 560 g/mol. The number of ketones is 1. The molecular formula is C27H22FN2NaO7S. The van der Waals surface area contributed by atoms with Gasteiger partial charge in [-0.1, -0.05) is 6.07 Å². The number of fused-ring (bicyclic) bond motifs is 1. The largest absolute Gasteiger partial charge is 1.00 e. The minimum atomic E-state index is -1.59. The number of carboxylic acid groups (broad SMARTS) is 1. The van der Waals surface area contributed by atoms with E-state index in [0.717, 1.165) is 17.8 Å². The molecule has 0 N–H and O–H groups in total. The predicted molar refractivity (Wildman–Crippen MR) is 136 cm³/mol. The molecule has 1 aromatic heterocycles. The van der Waals surface area contributed by atoms with Crippen molar-refractivity contribution in [3.63, 3.8) is 0 Å². The molecule has 4 rings (SSSR count). The number of carbonyl (C=O) groups excluding carboxylic acids is 2. The number of methoxy groups -OCH3 is 4. The van der Waals surface area contributed by atoms with Gasteiger partial charge in [0.2, 0.25) is 5.75 Å². The van der Waals surface area contributed by atoms with Crippen molar-refractivity contribution >= 4 is 40.1 Å². The van der Waals surface area contributed by atoms with E-state index in [-0.39, 0.29) is 64.0 Å². The molecule has 0 radical (unpaired) electrons. The molecule has 3 aromatic carbocycles. The standard InChI is InChI=1S/C27H23FN2O7S.Na/c1-34-21-8-6-16(12-18(21)28)25(31)17(9-14-10-22(35-2)26(37-4)23(11-14)36-3)24(27(32)33)15-5-7-19-20(13-15)30-38-29-19;/h5-8,10-13H,9H2,1-4H3,(H,32,33);/q;+1/p-1/b24-17+;. The van der Waals surface area contributed by atoms with Crippen LogP contribution >= 0.6 is 11.7 Å². The molecule has 1 heterocycles. The molecule has 0 atom stereocenters.